The van der Waals surface area contributed by atoms with Crippen molar-refractivity contribution in [2.24, 2.45) is 0 Å². The van der Waals surface area contributed by atoms with Crippen LogP contribution in [0.4, 0.5) is 0 Å². The van der Waals surface area contributed by atoms with Gasteiger partial charge in [-0.2, -0.15) is 0 Å². The van der Waals surface area contributed by atoms with Crippen LogP contribution in [0.25, 0.3) is 11.1 Å². The summed E-state index contributed by atoms with van der Waals surface area (Å²) in [7, 11) is -1.32. The predicted octanol–water partition coefficient (Wildman–Crippen LogP) is 4.17. The fourth-order valence-corrected chi connectivity index (χ4v) is 3.84. The van der Waals surface area contributed by atoms with Crippen molar-refractivity contribution in [3.8, 4) is 11.1 Å². The quantitative estimate of drug-likeness (QED) is 0.632. The number of rotatable bonds is 6. The molecule has 0 aromatic heterocycles. The zero-order valence-corrected chi connectivity index (χ0v) is 16.8. The minimum Gasteiger partial charge on any atom is -0.337 e. The van der Waals surface area contributed by atoms with Gasteiger partial charge in [0.25, 0.3) is 5.91 Å². The summed E-state index contributed by atoms with van der Waals surface area (Å²) >= 11 is 0. The van der Waals surface area contributed by atoms with E-state index in [4.69, 9.17) is 0 Å². The zero-order valence-electron chi connectivity index (χ0n) is 16.0. The summed E-state index contributed by atoms with van der Waals surface area (Å²) < 4.78 is 22.7. The highest BCUT2D eigenvalue weighted by atomic mass is 32.2. The first kappa shape index (κ1) is 19.8. The Bertz CT molecular complexity index is 1040. The van der Waals surface area contributed by atoms with Crippen molar-refractivity contribution in [1.29, 1.82) is 0 Å². The van der Waals surface area contributed by atoms with Gasteiger partial charge >= 0.3 is 0 Å². The minimum atomic E-state index is -3.09. The summed E-state index contributed by atoms with van der Waals surface area (Å²) in [6.07, 6.45) is 1.20. The standard InChI is InChI=1S/C23H23NO3S/c1-24(23(25)22-14-10-19(11-15-22)17-28(2,26)27)16-18-8-12-21(13-9-18)20-6-4-3-5-7-20/h3-15H,16-17H2,1-2H3. The number of benzene rings is 3. The molecule has 0 N–H and O–H groups in total. The van der Waals surface area contributed by atoms with Gasteiger partial charge in [-0.25, -0.2) is 8.42 Å². The van der Waals surface area contributed by atoms with Crippen LogP contribution in [0.1, 0.15) is 21.5 Å². The molecule has 0 spiro atoms. The smallest absolute Gasteiger partial charge is 0.253 e. The van der Waals surface area contributed by atoms with Gasteiger partial charge in [0.05, 0.1) is 5.75 Å². The Morgan fingerprint density at radius 2 is 1.32 bits per heavy atom. The Hall–Kier alpha value is -2.92. The van der Waals surface area contributed by atoms with E-state index in [1.165, 1.54) is 6.26 Å². The maximum absolute atomic E-state index is 12.6. The maximum atomic E-state index is 12.6. The average Bonchev–Trinajstić information content (AvgIpc) is 2.68. The van der Waals surface area contributed by atoms with Crippen molar-refractivity contribution in [2.45, 2.75) is 12.3 Å². The van der Waals surface area contributed by atoms with Gasteiger partial charge in [0.15, 0.2) is 9.84 Å². The molecule has 0 unspecified atom stereocenters. The molecule has 1 amide bonds. The lowest BCUT2D eigenvalue weighted by molar-refractivity contribution is 0.0785. The zero-order chi connectivity index (χ0) is 20.1. The normalized spacial score (nSPS) is 11.2. The van der Waals surface area contributed by atoms with Gasteiger partial charge in [-0.1, -0.05) is 66.7 Å². The van der Waals surface area contributed by atoms with E-state index in [2.05, 4.69) is 24.3 Å². The number of nitrogens with zero attached hydrogens (tertiary/aromatic N) is 1. The Labute approximate surface area is 166 Å². The first-order valence-electron chi connectivity index (χ1n) is 8.98. The van der Waals surface area contributed by atoms with E-state index in [0.29, 0.717) is 17.7 Å². The SMILES string of the molecule is CN(Cc1ccc(-c2ccccc2)cc1)C(=O)c1ccc(CS(C)(=O)=O)cc1. The van der Waals surface area contributed by atoms with Gasteiger partial charge in [0.1, 0.15) is 0 Å². The number of carbonyl (C=O) groups excluding carboxylic acids is 1. The molecule has 0 aliphatic rings. The summed E-state index contributed by atoms with van der Waals surface area (Å²) in [5.74, 6) is -0.122. The third kappa shape index (κ3) is 5.30. The van der Waals surface area contributed by atoms with Crippen LogP contribution < -0.4 is 0 Å². The number of carbonyl (C=O) groups is 1. The van der Waals surface area contributed by atoms with Gasteiger partial charge < -0.3 is 4.90 Å². The van der Waals surface area contributed by atoms with Crippen molar-refractivity contribution in [3.05, 3.63) is 95.6 Å². The lowest BCUT2D eigenvalue weighted by atomic mass is 10.0. The molecule has 144 valence electrons. The van der Waals surface area contributed by atoms with E-state index >= 15 is 0 Å². The van der Waals surface area contributed by atoms with Crippen LogP contribution in [0.2, 0.25) is 0 Å². The molecular weight excluding hydrogens is 370 g/mol. The second-order valence-electron chi connectivity index (χ2n) is 6.99. The van der Waals surface area contributed by atoms with Crippen molar-refractivity contribution >= 4 is 15.7 Å². The molecule has 0 fully saturated rings. The number of amides is 1. The molecule has 0 aliphatic heterocycles. The van der Waals surface area contributed by atoms with Crippen LogP contribution in [0, 0.1) is 0 Å². The van der Waals surface area contributed by atoms with E-state index < -0.39 is 9.84 Å². The number of sulfone groups is 1. The lowest BCUT2D eigenvalue weighted by Crippen LogP contribution is -2.26. The van der Waals surface area contributed by atoms with Gasteiger partial charge in [-0.05, 0) is 34.4 Å². The van der Waals surface area contributed by atoms with Gasteiger partial charge in [-0.15, -0.1) is 0 Å². The van der Waals surface area contributed by atoms with E-state index in [0.717, 1.165) is 16.7 Å². The van der Waals surface area contributed by atoms with E-state index in [1.807, 2.05) is 30.3 Å². The molecule has 0 atom stereocenters. The second kappa shape index (κ2) is 8.40. The Kier molecular flexibility index (Phi) is 5.95. The Morgan fingerprint density at radius 3 is 1.89 bits per heavy atom. The van der Waals surface area contributed by atoms with Crippen molar-refractivity contribution in [1.82, 2.24) is 4.90 Å². The monoisotopic (exact) mass is 393 g/mol. The first-order valence-corrected chi connectivity index (χ1v) is 11.0. The van der Waals surface area contributed by atoms with Crippen LogP contribution in [0.15, 0.2) is 78.9 Å². The second-order valence-corrected chi connectivity index (χ2v) is 9.13. The maximum Gasteiger partial charge on any atom is 0.253 e. The van der Waals surface area contributed by atoms with Crippen LogP contribution >= 0.6 is 0 Å². The molecule has 5 heteroatoms. The summed E-state index contributed by atoms with van der Waals surface area (Å²) in [4.78, 5) is 14.3. The highest BCUT2D eigenvalue weighted by Gasteiger charge is 2.13. The highest BCUT2D eigenvalue weighted by Crippen LogP contribution is 2.20. The van der Waals surface area contributed by atoms with E-state index in [9.17, 15) is 13.2 Å². The molecule has 0 aliphatic carbocycles. The number of hydrogen-bond donors (Lipinski definition) is 0. The fourth-order valence-electron chi connectivity index (χ4n) is 3.05. The molecule has 4 nitrogen and oxygen atoms in total. The van der Waals surface area contributed by atoms with Gasteiger partial charge in [0.2, 0.25) is 0 Å². The first-order chi connectivity index (χ1) is 13.3. The predicted molar refractivity (Wildman–Crippen MR) is 113 cm³/mol. The molecular formula is C23H23NO3S. The highest BCUT2D eigenvalue weighted by molar-refractivity contribution is 7.89. The minimum absolute atomic E-state index is 0.0227. The summed E-state index contributed by atoms with van der Waals surface area (Å²) in [5, 5.41) is 0. The third-order valence-corrected chi connectivity index (χ3v) is 5.31. The summed E-state index contributed by atoms with van der Waals surface area (Å²) in [6, 6.07) is 25.1. The third-order valence-electron chi connectivity index (χ3n) is 4.46. The topological polar surface area (TPSA) is 54.5 Å². The van der Waals surface area contributed by atoms with E-state index in [-0.39, 0.29) is 11.7 Å². The van der Waals surface area contributed by atoms with Crippen LogP contribution in [-0.2, 0) is 22.1 Å². The molecule has 0 saturated carbocycles. The number of hydrogen-bond acceptors (Lipinski definition) is 3. The molecule has 3 rings (SSSR count). The molecule has 0 bridgehead atoms. The Balaban J connectivity index is 1.65. The largest absolute Gasteiger partial charge is 0.337 e. The summed E-state index contributed by atoms with van der Waals surface area (Å²) in [5.41, 5.74) is 4.57. The van der Waals surface area contributed by atoms with Gasteiger partial charge in [-0.3, -0.25) is 4.79 Å². The van der Waals surface area contributed by atoms with E-state index in [1.54, 1.807) is 36.2 Å². The van der Waals surface area contributed by atoms with Crippen LogP contribution in [-0.4, -0.2) is 32.5 Å². The molecule has 3 aromatic rings. The van der Waals surface area contributed by atoms with Crippen molar-refractivity contribution < 1.29 is 13.2 Å². The Morgan fingerprint density at radius 1 is 0.786 bits per heavy atom. The van der Waals surface area contributed by atoms with Crippen LogP contribution in [0.5, 0.6) is 0 Å². The molecule has 0 heterocycles. The average molecular weight is 394 g/mol. The summed E-state index contributed by atoms with van der Waals surface area (Å²) in [6.45, 7) is 0.499. The lowest BCUT2D eigenvalue weighted by Gasteiger charge is -2.18. The van der Waals surface area contributed by atoms with Crippen molar-refractivity contribution in [3.63, 3.8) is 0 Å². The van der Waals surface area contributed by atoms with Crippen LogP contribution in [0.3, 0.4) is 0 Å². The van der Waals surface area contributed by atoms with Crippen molar-refractivity contribution in [2.75, 3.05) is 13.3 Å². The molecule has 0 radical (unpaired) electrons. The molecule has 28 heavy (non-hydrogen) atoms. The molecule has 0 saturated heterocycles. The fraction of sp³-hybridized carbons (Fsp3) is 0.174. The molecule has 3 aromatic carbocycles. The van der Waals surface area contributed by atoms with Gasteiger partial charge in [0, 0.05) is 25.4 Å².